The van der Waals surface area contributed by atoms with Crippen molar-refractivity contribution in [3.05, 3.63) is 35.9 Å². The first-order valence-electron chi connectivity index (χ1n) is 6.69. The predicted molar refractivity (Wildman–Crippen MR) is 71.3 cm³/mol. The lowest BCUT2D eigenvalue weighted by atomic mass is 9.99. The SMILES string of the molecule is O=C(OC1O[C@H](CO)[C@@H](O)[C@H](O)[C@H]1O)C(O)c1ccccc1. The van der Waals surface area contributed by atoms with Gasteiger partial charge in [-0.2, -0.15) is 0 Å². The van der Waals surface area contributed by atoms with Crippen molar-refractivity contribution in [1.29, 1.82) is 0 Å². The largest absolute Gasteiger partial charge is 0.431 e. The van der Waals surface area contributed by atoms with Crippen molar-refractivity contribution in [2.75, 3.05) is 6.61 Å². The Kier molecular flexibility index (Phi) is 5.46. The van der Waals surface area contributed by atoms with Gasteiger partial charge < -0.3 is 35.0 Å². The van der Waals surface area contributed by atoms with E-state index in [-0.39, 0.29) is 5.56 Å². The highest BCUT2D eigenvalue weighted by Gasteiger charge is 2.45. The van der Waals surface area contributed by atoms with E-state index < -0.39 is 49.4 Å². The van der Waals surface area contributed by atoms with Crippen LogP contribution in [0.3, 0.4) is 0 Å². The van der Waals surface area contributed by atoms with Crippen molar-refractivity contribution < 1.29 is 39.8 Å². The van der Waals surface area contributed by atoms with Crippen LogP contribution in [0.25, 0.3) is 0 Å². The summed E-state index contributed by atoms with van der Waals surface area (Å²) in [6.07, 6.45) is -9.30. The number of aliphatic hydroxyl groups excluding tert-OH is 5. The standard InChI is InChI=1S/C14H18O8/c15-6-8-10(17)11(18)12(19)14(21-8)22-13(20)9(16)7-4-2-1-3-5-7/h1-5,8-12,14-19H,6H2/t8-,9?,10-,11+,12-,14?/m1/s1. The van der Waals surface area contributed by atoms with Crippen LogP contribution in [0.15, 0.2) is 30.3 Å². The summed E-state index contributed by atoms with van der Waals surface area (Å²) in [6, 6.07) is 7.98. The molecule has 1 aliphatic rings. The van der Waals surface area contributed by atoms with Crippen LogP contribution in [0, 0.1) is 0 Å². The molecule has 22 heavy (non-hydrogen) atoms. The molecule has 8 nitrogen and oxygen atoms in total. The molecule has 0 aromatic heterocycles. The van der Waals surface area contributed by atoms with E-state index in [1.54, 1.807) is 18.2 Å². The normalized spacial score (nSPS) is 33.2. The molecule has 6 atom stereocenters. The molecule has 2 unspecified atom stereocenters. The van der Waals surface area contributed by atoms with Crippen LogP contribution < -0.4 is 0 Å². The molecule has 1 saturated heterocycles. The molecule has 1 aromatic rings. The highest BCUT2D eigenvalue weighted by atomic mass is 16.7. The summed E-state index contributed by atoms with van der Waals surface area (Å²) in [4.78, 5) is 11.9. The number of carbonyl (C=O) groups is 1. The van der Waals surface area contributed by atoms with E-state index in [2.05, 4.69) is 0 Å². The van der Waals surface area contributed by atoms with Gasteiger partial charge in [0.1, 0.15) is 24.4 Å². The van der Waals surface area contributed by atoms with E-state index in [9.17, 15) is 25.2 Å². The Morgan fingerprint density at radius 3 is 2.36 bits per heavy atom. The summed E-state index contributed by atoms with van der Waals surface area (Å²) in [7, 11) is 0. The molecule has 1 heterocycles. The van der Waals surface area contributed by atoms with Crippen molar-refractivity contribution >= 4 is 5.97 Å². The molecule has 1 aromatic carbocycles. The van der Waals surface area contributed by atoms with Crippen LogP contribution in [0.1, 0.15) is 11.7 Å². The second kappa shape index (κ2) is 7.14. The highest BCUT2D eigenvalue weighted by molar-refractivity contribution is 5.76. The Hall–Kier alpha value is -1.55. The van der Waals surface area contributed by atoms with Crippen LogP contribution in [-0.4, -0.2) is 68.8 Å². The maximum absolute atomic E-state index is 11.9. The van der Waals surface area contributed by atoms with Crippen molar-refractivity contribution in [3.8, 4) is 0 Å². The minimum absolute atomic E-state index is 0.289. The summed E-state index contributed by atoms with van der Waals surface area (Å²) in [6.45, 7) is -0.639. The molecule has 1 aliphatic heterocycles. The van der Waals surface area contributed by atoms with Crippen LogP contribution in [0.4, 0.5) is 0 Å². The van der Waals surface area contributed by atoms with Crippen LogP contribution in [0.2, 0.25) is 0 Å². The van der Waals surface area contributed by atoms with Crippen molar-refractivity contribution in [2.24, 2.45) is 0 Å². The topological polar surface area (TPSA) is 137 Å². The van der Waals surface area contributed by atoms with Gasteiger partial charge in [0.2, 0.25) is 6.29 Å². The van der Waals surface area contributed by atoms with E-state index >= 15 is 0 Å². The van der Waals surface area contributed by atoms with Crippen LogP contribution in [0.5, 0.6) is 0 Å². The van der Waals surface area contributed by atoms with E-state index in [0.717, 1.165) is 0 Å². The summed E-state index contributed by atoms with van der Waals surface area (Å²) < 4.78 is 9.85. The first-order valence-corrected chi connectivity index (χ1v) is 6.69. The maximum atomic E-state index is 11.9. The van der Waals surface area contributed by atoms with Gasteiger partial charge in [-0.1, -0.05) is 30.3 Å². The Morgan fingerprint density at radius 2 is 1.77 bits per heavy atom. The number of benzene rings is 1. The Morgan fingerprint density at radius 1 is 1.14 bits per heavy atom. The smallest absolute Gasteiger partial charge is 0.342 e. The Bertz CT molecular complexity index is 491. The van der Waals surface area contributed by atoms with Gasteiger partial charge in [0.05, 0.1) is 6.61 Å². The fourth-order valence-corrected chi connectivity index (χ4v) is 2.12. The molecule has 5 N–H and O–H groups in total. The molecular formula is C14H18O8. The van der Waals surface area contributed by atoms with Gasteiger partial charge in [0, 0.05) is 0 Å². The molecule has 0 bridgehead atoms. The fourth-order valence-electron chi connectivity index (χ4n) is 2.12. The number of rotatable bonds is 4. The lowest BCUT2D eigenvalue weighted by molar-refractivity contribution is -0.294. The van der Waals surface area contributed by atoms with E-state index in [1.165, 1.54) is 12.1 Å². The molecule has 0 aliphatic carbocycles. The molecule has 0 amide bonds. The average molecular weight is 314 g/mol. The third-order valence-electron chi connectivity index (χ3n) is 3.42. The molecule has 0 spiro atoms. The highest BCUT2D eigenvalue weighted by Crippen LogP contribution is 2.24. The number of hydrogen-bond acceptors (Lipinski definition) is 8. The minimum Gasteiger partial charge on any atom is -0.431 e. The summed E-state index contributed by atoms with van der Waals surface area (Å²) >= 11 is 0. The van der Waals surface area contributed by atoms with E-state index in [1.807, 2.05) is 0 Å². The van der Waals surface area contributed by atoms with Crippen LogP contribution in [-0.2, 0) is 14.3 Å². The number of carbonyl (C=O) groups excluding carboxylic acids is 1. The molecular weight excluding hydrogens is 296 g/mol. The second-order valence-corrected chi connectivity index (χ2v) is 4.95. The van der Waals surface area contributed by atoms with Gasteiger partial charge in [-0.05, 0) is 5.56 Å². The Balaban J connectivity index is 2.04. The van der Waals surface area contributed by atoms with Crippen molar-refractivity contribution in [2.45, 2.75) is 36.8 Å². The monoisotopic (exact) mass is 314 g/mol. The van der Waals surface area contributed by atoms with Gasteiger partial charge in [-0.3, -0.25) is 0 Å². The minimum atomic E-state index is -1.70. The number of esters is 1. The van der Waals surface area contributed by atoms with E-state index in [0.29, 0.717) is 0 Å². The Labute approximate surface area is 126 Å². The van der Waals surface area contributed by atoms with Crippen LogP contribution >= 0.6 is 0 Å². The van der Waals surface area contributed by atoms with E-state index in [4.69, 9.17) is 14.6 Å². The van der Waals surface area contributed by atoms with Gasteiger partial charge in [0.25, 0.3) is 0 Å². The maximum Gasteiger partial charge on any atom is 0.342 e. The first kappa shape index (κ1) is 16.8. The van der Waals surface area contributed by atoms with Gasteiger partial charge in [-0.25, -0.2) is 4.79 Å². The first-order chi connectivity index (χ1) is 10.5. The van der Waals surface area contributed by atoms with Gasteiger partial charge >= 0.3 is 5.97 Å². The molecule has 0 saturated carbocycles. The third-order valence-corrected chi connectivity index (χ3v) is 3.42. The lowest BCUT2D eigenvalue weighted by Gasteiger charge is -2.39. The molecule has 8 heteroatoms. The van der Waals surface area contributed by atoms with Crippen molar-refractivity contribution in [3.63, 3.8) is 0 Å². The second-order valence-electron chi connectivity index (χ2n) is 4.95. The lowest BCUT2D eigenvalue weighted by Crippen LogP contribution is -2.59. The molecule has 2 rings (SSSR count). The number of hydrogen-bond donors (Lipinski definition) is 5. The quantitative estimate of drug-likeness (QED) is 0.405. The fraction of sp³-hybridized carbons (Fsp3) is 0.500. The summed E-state index contributed by atoms with van der Waals surface area (Å²) in [5.74, 6) is -1.09. The zero-order valence-electron chi connectivity index (χ0n) is 11.5. The zero-order valence-corrected chi connectivity index (χ0v) is 11.5. The van der Waals surface area contributed by atoms with Crippen molar-refractivity contribution in [1.82, 2.24) is 0 Å². The predicted octanol–water partition coefficient (Wildman–Crippen LogP) is -1.94. The summed E-state index contributed by atoms with van der Waals surface area (Å²) in [5, 5.41) is 47.9. The molecule has 1 fully saturated rings. The summed E-state index contributed by atoms with van der Waals surface area (Å²) in [5.41, 5.74) is 0.289. The average Bonchev–Trinajstić information content (AvgIpc) is 2.55. The molecule has 122 valence electrons. The molecule has 0 radical (unpaired) electrons. The van der Waals surface area contributed by atoms with Gasteiger partial charge in [0.15, 0.2) is 6.10 Å². The third kappa shape index (κ3) is 3.43. The van der Waals surface area contributed by atoms with Gasteiger partial charge in [-0.15, -0.1) is 0 Å². The number of aliphatic hydroxyl groups is 5. The zero-order chi connectivity index (χ0) is 16.3. The number of ether oxygens (including phenoxy) is 2.